The minimum Gasteiger partial charge on any atom is -0.486 e. The van der Waals surface area contributed by atoms with Crippen LogP contribution in [0.25, 0.3) is 0 Å². The van der Waals surface area contributed by atoms with Crippen molar-refractivity contribution in [2.24, 2.45) is 0 Å². The molecule has 122 valence electrons. The summed E-state index contributed by atoms with van der Waals surface area (Å²) < 4.78 is 10.9. The van der Waals surface area contributed by atoms with E-state index in [-0.39, 0.29) is 18.3 Å². The molecule has 0 aliphatic carbocycles. The molecule has 0 atom stereocenters. The van der Waals surface area contributed by atoms with Gasteiger partial charge in [0, 0.05) is 6.42 Å². The number of rotatable bonds is 7. The first-order valence-corrected chi connectivity index (χ1v) is 7.54. The second-order valence-corrected chi connectivity index (χ2v) is 4.97. The molecule has 0 aliphatic heterocycles. The van der Waals surface area contributed by atoms with E-state index in [2.05, 4.69) is 10.9 Å². The molecule has 0 radical (unpaired) electrons. The number of benzene rings is 1. The van der Waals surface area contributed by atoms with Gasteiger partial charge in [0.1, 0.15) is 18.1 Å². The quantitative estimate of drug-likeness (QED) is 0.770. The van der Waals surface area contributed by atoms with E-state index in [0.717, 1.165) is 18.6 Å². The van der Waals surface area contributed by atoms with Crippen LogP contribution in [0.2, 0.25) is 0 Å². The lowest BCUT2D eigenvalue weighted by atomic mass is 10.2. The summed E-state index contributed by atoms with van der Waals surface area (Å²) in [5.41, 5.74) is 4.67. The van der Waals surface area contributed by atoms with Crippen molar-refractivity contribution >= 4 is 11.8 Å². The average molecular weight is 316 g/mol. The van der Waals surface area contributed by atoms with E-state index < -0.39 is 5.91 Å². The number of amides is 2. The number of hydrogen-bond donors (Lipinski definition) is 2. The SMILES string of the molecule is CCCCC(=O)NNC(=O)c1ccc(COc2ccccc2)o1. The summed E-state index contributed by atoms with van der Waals surface area (Å²) in [7, 11) is 0. The number of unbranched alkanes of at least 4 members (excludes halogenated alkanes) is 1. The second-order valence-electron chi connectivity index (χ2n) is 4.97. The molecular weight excluding hydrogens is 296 g/mol. The predicted molar refractivity (Wildman–Crippen MR) is 84.6 cm³/mol. The molecule has 0 saturated carbocycles. The van der Waals surface area contributed by atoms with Gasteiger partial charge in [-0.3, -0.25) is 20.4 Å². The molecule has 0 saturated heterocycles. The molecular formula is C17H20N2O4. The van der Waals surface area contributed by atoms with Gasteiger partial charge < -0.3 is 9.15 Å². The van der Waals surface area contributed by atoms with E-state index in [0.29, 0.717) is 12.2 Å². The second kappa shape index (κ2) is 8.63. The van der Waals surface area contributed by atoms with Crippen molar-refractivity contribution in [2.45, 2.75) is 32.8 Å². The highest BCUT2D eigenvalue weighted by atomic mass is 16.5. The molecule has 23 heavy (non-hydrogen) atoms. The van der Waals surface area contributed by atoms with Crippen molar-refractivity contribution in [1.29, 1.82) is 0 Å². The molecule has 0 unspecified atom stereocenters. The van der Waals surface area contributed by atoms with Gasteiger partial charge in [0.2, 0.25) is 5.91 Å². The highest BCUT2D eigenvalue weighted by Gasteiger charge is 2.12. The standard InChI is InChI=1S/C17H20N2O4/c1-2-3-9-16(20)18-19-17(21)15-11-10-14(23-15)12-22-13-7-5-4-6-8-13/h4-8,10-11H,2-3,9,12H2,1H3,(H,18,20)(H,19,21). The first-order valence-electron chi connectivity index (χ1n) is 7.54. The Labute approximate surface area is 134 Å². The zero-order chi connectivity index (χ0) is 16.5. The molecule has 0 fully saturated rings. The smallest absolute Gasteiger partial charge is 0.305 e. The summed E-state index contributed by atoms with van der Waals surface area (Å²) in [5.74, 6) is 0.641. The lowest BCUT2D eigenvalue weighted by Gasteiger charge is -2.05. The molecule has 2 N–H and O–H groups in total. The highest BCUT2D eigenvalue weighted by Crippen LogP contribution is 2.13. The molecule has 6 heteroatoms. The Morgan fingerprint density at radius 1 is 1.09 bits per heavy atom. The lowest BCUT2D eigenvalue weighted by molar-refractivity contribution is -0.121. The fourth-order valence-electron chi connectivity index (χ4n) is 1.84. The number of carbonyl (C=O) groups is 2. The molecule has 6 nitrogen and oxygen atoms in total. The summed E-state index contributed by atoms with van der Waals surface area (Å²) >= 11 is 0. The first-order chi connectivity index (χ1) is 11.2. The van der Waals surface area contributed by atoms with Crippen molar-refractivity contribution in [3.8, 4) is 5.75 Å². The summed E-state index contributed by atoms with van der Waals surface area (Å²) in [5, 5.41) is 0. The van der Waals surface area contributed by atoms with Crippen LogP contribution in [0.1, 0.15) is 42.5 Å². The maximum absolute atomic E-state index is 11.9. The van der Waals surface area contributed by atoms with Gasteiger partial charge in [-0.05, 0) is 30.7 Å². The van der Waals surface area contributed by atoms with Crippen LogP contribution in [-0.4, -0.2) is 11.8 Å². The molecule has 0 spiro atoms. The third kappa shape index (κ3) is 5.50. The van der Waals surface area contributed by atoms with Gasteiger partial charge >= 0.3 is 5.91 Å². The van der Waals surface area contributed by atoms with Gasteiger partial charge in [0.05, 0.1) is 0 Å². The average Bonchev–Trinajstić information content (AvgIpc) is 3.06. The number of para-hydroxylation sites is 1. The lowest BCUT2D eigenvalue weighted by Crippen LogP contribution is -2.41. The maximum Gasteiger partial charge on any atom is 0.305 e. The van der Waals surface area contributed by atoms with E-state index in [9.17, 15) is 9.59 Å². The first kappa shape index (κ1) is 16.6. The van der Waals surface area contributed by atoms with Gasteiger partial charge in [-0.15, -0.1) is 0 Å². The number of furan rings is 1. The number of carbonyl (C=O) groups excluding carboxylic acids is 2. The van der Waals surface area contributed by atoms with Crippen molar-refractivity contribution in [1.82, 2.24) is 10.9 Å². The van der Waals surface area contributed by atoms with Crippen LogP contribution in [0.3, 0.4) is 0 Å². The zero-order valence-corrected chi connectivity index (χ0v) is 13.0. The largest absolute Gasteiger partial charge is 0.486 e. The number of hydrazine groups is 1. The van der Waals surface area contributed by atoms with Crippen LogP contribution < -0.4 is 15.6 Å². The monoisotopic (exact) mass is 316 g/mol. The van der Waals surface area contributed by atoms with E-state index in [4.69, 9.17) is 9.15 Å². The van der Waals surface area contributed by atoms with Crippen LogP contribution >= 0.6 is 0 Å². The van der Waals surface area contributed by atoms with Gasteiger partial charge in [0.15, 0.2) is 5.76 Å². The fraction of sp³-hybridized carbons (Fsp3) is 0.294. The molecule has 2 aromatic rings. The van der Waals surface area contributed by atoms with E-state index >= 15 is 0 Å². The molecule has 0 bridgehead atoms. The Morgan fingerprint density at radius 3 is 2.61 bits per heavy atom. The highest BCUT2D eigenvalue weighted by molar-refractivity contribution is 5.92. The van der Waals surface area contributed by atoms with E-state index in [1.165, 1.54) is 6.07 Å². The summed E-state index contributed by atoms with van der Waals surface area (Å²) in [6.07, 6.45) is 2.08. The molecule has 1 aromatic carbocycles. The van der Waals surface area contributed by atoms with Crippen molar-refractivity contribution in [2.75, 3.05) is 0 Å². The topological polar surface area (TPSA) is 80.6 Å². The van der Waals surface area contributed by atoms with E-state index in [1.807, 2.05) is 37.3 Å². The summed E-state index contributed by atoms with van der Waals surface area (Å²) in [6.45, 7) is 2.22. The molecule has 1 heterocycles. The summed E-state index contributed by atoms with van der Waals surface area (Å²) in [4.78, 5) is 23.3. The molecule has 2 rings (SSSR count). The van der Waals surface area contributed by atoms with Gasteiger partial charge in [-0.25, -0.2) is 0 Å². The minimum absolute atomic E-state index is 0.118. The Kier molecular flexibility index (Phi) is 6.23. The van der Waals surface area contributed by atoms with Crippen LogP contribution in [0.15, 0.2) is 46.9 Å². The zero-order valence-electron chi connectivity index (χ0n) is 13.0. The van der Waals surface area contributed by atoms with E-state index in [1.54, 1.807) is 6.07 Å². The van der Waals surface area contributed by atoms with Gasteiger partial charge in [-0.1, -0.05) is 31.5 Å². The van der Waals surface area contributed by atoms with Crippen molar-refractivity contribution in [3.63, 3.8) is 0 Å². The van der Waals surface area contributed by atoms with Gasteiger partial charge in [-0.2, -0.15) is 0 Å². The fourth-order valence-corrected chi connectivity index (χ4v) is 1.84. The Morgan fingerprint density at radius 2 is 1.87 bits per heavy atom. The number of hydrogen-bond acceptors (Lipinski definition) is 4. The van der Waals surface area contributed by atoms with Crippen molar-refractivity contribution < 1.29 is 18.7 Å². The normalized spacial score (nSPS) is 10.1. The van der Waals surface area contributed by atoms with Crippen LogP contribution in [0.5, 0.6) is 5.75 Å². The third-order valence-corrected chi connectivity index (χ3v) is 3.08. The molecule has 1 aromatic heterocycles. The summed E-state index contributed by atoms with van der Waals surface area (Å²) in [6, 6.07) is 12.5. The van der Waals surface area contributed by atoms with Crippen molar-refractivity contribution in [3.05, 3.63) is 54.0 Å². The maximum atomic E-state index is 11.9. The predicted octanol–water partition coefficient (Wildman–Crippen LogP) is 2.81. The number of nitrogens with one attached hydrogen (secondary N) is 2. The van der Waals surface area contributed by atoms with Crippen LogP contribution in [-0.2, 0) is 11.4 Å². The molecule has 0 aliphatic rings. The van der Waals surface area contributed by atoms with Crippen LogP contribution in [0, 0.1) is 0 Å². The minimum atomic E-state index is -0.499. The third-order valence-electron chi connectivity index (χ3n) is 3.08. The Hall–Kier alpha value is -2.76. The van der Waals surface area contributed by atoms with Crippen LogP contribution in [0.4, 0.5) is 0 Å². The Balaban J connectivity index is 1.79. The Bertz CT molecular complexity index is 637. The number of ether oxygens (including phenoxy) is 1. The molecule has 2 amide bonds. The van der Waals surface area contributed by atoms with Gasteiger partial charge in [0.25, 0.3) is 0 Å².